The average molecular weight is 235 g/mol. The van der Waals surface area contributed by atoms with Crippen LogP contribution in [0.2, 0.25) is 0 Å². The number of hydrogen-bond acceptors (Lipinski definition) is 2. The van der Waals surface area contributed by atoms with E-state index >= 15 is 0 Å². The fourth-order valence-corrected chi connectivity index (χ4v) is 2.51. The Hall–Kier alpha value is -2.11. The Kier molecular flexibility index (Phi) is 2.62. The third-order valence-corrected chi connectivity index (χ3v) is 3.54. The minimum atomic E-state index is -0.296. The van der Waals surface area contributed by atoms with E-state index < -0.39 is 0 Å². The Bertz CT molecular complexity index is 623. The van der Waals surface area contributed by atoms with Gasteiger partial charge in [-0.15, -0.1) is 0 Å². The summed E-state index contributed by atoms with van der Waals surface area (Å²) in [5.41, 5.74) is 5.23. The molecule has 2 aromatic rings. The minimum Gasteiger partial charge on any atom is -0.388 e. The van der Waals surface area contributed by atoms with Crippen molar-refractivity contribution < 1.29 is 5.11 Å². The van der Waals surface area contributed by atoms with Crippen molar-refractivity contribution in [2.45, 2.75) is 18.9 Å². The first-order valence-corrected chi connectivity index (χ1v) is 6.09. The molecule has 2 heteroatoms. The van der Waals surface area contributed by atoms with Gasteiger partial charge in [-0.25, -0.2) is 0 Å². The summed E-state index contributed by atoms with van der Waals surface area (Å²) in [4.78, 5) is 0. The fourth-order valence-electron chi connectivity index (χ4n) is 2.51. The van der Waals surface area contributed by atoms with Crippen molar-refractivity contribution in [1.82, 2.24) is 0 Å². The van der Waals surface area contributed by atoms with Crippen LogP contribution in [-0.4, -0.2) is 5.11 Å². The maximum atomic E-state index is 9.78. The quantitative estimate of drug-likeness (QED) is 0.824. The Morgan fingerprint density at radius 1 is 1.06 bits per heavy atom. The molecule has 0 bridgehead atoms. The lowest BCUT2D eigenvalue weighted by atomic mass is 9.99. The van der Waals surface area contributed by atoms with E-state index in [1.165, 1.54) is 5.56 Å². The number of aliphatic hydroxyl groups is 1. The van der Waals surface area contributed by atoms with Crippen LogP contribution in [0.4, 0.5) is 0 Å². The summed E-state index contributed by atoms with van der Waals surface area (Å²) >= 11 is 0. The van der Waals surface area contributed by atoms with Gasteiger partial charge < -0.3 is 5.11 Å². The standard InChI is InChI=1S/C16H13NO/c17-10-11-1-3-12(4-2-11)13-5-7-15-14(9-13)6-8-16(15)18/h1-5,7,9,16,18H,6,8H2. The van der Waals surface area contributed by atoms with Crippen LogP contribution in [0.5, 0.6) is 0 Å². The van der Waals surface area contributed by atoms with Crippen molar-refractivity contribution in [2.24, 2.45) is 0 Å². The molecule has 0 fully saturated rings. The monoisotopic (exact) mass is 235 g/mol. The van der Waals surface area contributed by atoms with Gasteiger partial charge in [0.25, 0.3) is 0 Å². The second kappa shape index (κ2) is 4.29. The first kappa shape index (κ1) is 11.0. The topological polar surface area (TPSA) is 44.0 Å². The van der Waals surface area contributed by atoms with Gasteiger partial charge in [0.2, 0.25) is 0 Å². The SMILES string of the molecule is N#Cc1ccc(-c2ccc3c(c2)CCC3O)cc1. The van der Waals surface area contributed by atoms with Crippen molar-refractivity contribution in [1.29, 1.82) is 5.26 Å². The third-order valence-electron chi connectivity index (χ3n) is 3.54. The summed E-state index contributed by atoms with van der Waals surface area (Å²) in [5.74, 6) is 0. The third kappa shape index (κ3) is 1.79. The molecule has 0 aromatic heterocycles. The number of rotatable bonds is 1. The molecule has 0 saturated heterocycles. The molecule has 1 atom stereocenters. The number of nitrogens with zero attached hydrogens (tertiary/aromatic N) is 1. The van der Waals surface area contributed by atoms with Crippen molar-refractivity contribution >= 4 is 0 Å². The summed E-state index contributed by atoms with van der Waals surface area (Å²) in [7, 11) is 0. The first-order chi connectivity index (χ1) is 8.78. The molecule has 1 aliphatic carbocycles. The molecule has 88 valence electrons. The van der Waals surface area contributed by atoms with E-state index in [1.807, 2.05) is 36.4 Å². The highest BCUT2D eigenvalue weighted by Gasteiger charge is 2.20. The van der Waals surface area contributed by atoms with Gasteiger partial charge >= 0.3 is 0 Å². The van der Waals surface area contributed by atoms with Crippen LogP contribution in [0, 0.1) is 11.3 Å². The van der Waals surface area contributed by atoms with E-state index in [-0.39, 0.29) is 6.10 Å². The van der Waals surface area contributed by atoms with Gasteiger partial charge in [-0.3, -0.25) is 0 Å². The predicted molar refractivity (Wildman–Crippen MR) is 69.9 cm³/mol. The van der Waals surface area contributed by atoms with Gasteiger partial charge in [-0.1, -0.05) is 30.3 Å². The minimum absolute atomic E-state index is 0.296. The lowest BCUT2D eigenvalue weighted by Crippen LogP contribution is -1.90. The van der Waals surface area contributed by atoms with Gasteiger partial charge in [-0.05, 0) is 47.2 Å². The Morgan fingerprint density at radius 2 is 1.78 bits per heavy atom. The van der Waals surface area contributed by atoms with E-state index in [0.29, 0.717) is 5.56 Å². The number of nitriles is 1. The van der Waals surface area contributed by atoms with Gasteiger partial charge in [-0.2, -0.15) is 5.26 Å². The summed E-state index contributed by atoms with van der Waals surface area (Å²) < 4.78 is 0. The number of hydrogen-bond donors (Lipinski definition) is 1. The van der Waals surface area contributed by atoms with E-state index in [9.17, 15) is 5.11 Å². The van der Waals surface area contributed by atoms with Crippen LogP contribution >= 0.6 is 0 Å². The molecular weight excluding hydrogens is 222 g/mol. The molecule has 2 aromatic carbocycles. The summed E-state index contributed by atoms with van der Waals surface area (Å²) in [5, 5.41) is 18.6. The predicted octanol–water partition coefficient (Wildman–Crippen LogP) is 3.20. The van der Waals surface area contributed by atoms with E-state index in [4.69, 9.17) is 5.26 Å². The second-order valence-corrected chi connectivity index (χ2v) is 4.66. The molecule has 0 spiro atoms. The highest BCUT2D eigenvalue weighted by molar-refractivity contribution is 5.66. The van der Waals surface area contributed by atoms with E-state index in [0.717, 1.165) is 29.5 Å². The fraction of sp³-hybridized carbons (Fsp3) is 0.188. The van der Waals surface area contributed by atoms with Gasteiger partial charge in [0, 0.05) is 0 Å². The van der Waals surface area contributed by atoms with Crippen molar-refractivity contribution in [3.63, 3.8) is 0 Å². The maximum Gasteiger partial charge on any atom is 0.0991 e. The highest BCUT2D eigenvalue weighted by Crippen LogP contribution is 2.33. The molecule has 0 amide bonds. The summed E-state index contributed by atoms with van der Waals surface area (Å²) in [6.07, 6.45) is 1.47. The van der Waals surface area contributed by atoms with Crippen molar-refractivity contribution in [2.75, 3.05) is 0 Å². The maximum absolute atomic E-state index is 9.78. The zero-order valence-corrected chi connectivity index (χ0v) is 9.93. The van der Waals surface area contributed by atoms with Crippen LogP contribution in [0.3, 0.4) is 0 Å². The van der Waals surface area contributed by atoms with E-state index in [1.54, 1.807) is 0 Å². The average Bonchev–Trinajstić information content (AvgIpc) is 2.80. The van der Waals surface area contributed by atoms with Crippen LogP contribution in [0.25, 0.3) is 11.1 Å². The Labute approximate surface area is 106 Å². The molecule has 1 N–H and O–H groups in total. The number of benzene rings is 2. The van der Waals surface area contributed by atoms with Crippen molar-refractivity contribution in [3.8, 4) is 17.2 Å². The molecule has 0 heterocycles. The van der Waals surface area contributed by atoms with Crippen LogP contribution in [-0.2, 0) is 6.42 Å². The van der Waals surface area contributed by atoms with Crippen LogP contribution in [0.15, 0.2) is 42.5 Å². The molecule has 0 saturated carbocycles. The molecule has 3 rings (SSSR count). The van der Waals surface area contributed by atoms with Gasteiger partial charge in [0.05, 0.1) is 17.7 Å². The molecular formula is C16H13NO. The smallest absolute Gasteiger partial charge is 0.0991 e. The molecule has 1 aliphatic rings. The lowest BCUT2D eigenvalue weighted by molar-refractivity contribution is 0.180. The summed E-state index contributed by atoms with van der Waals surface area (Å²) in [6.45, 7) is 0. The molecule has 0 radical (unpaired) electrons. The number of aryl methyl sites for hydroxylation is 1. The molecule has 1 unspecified atom stereocenters. The van der Waals surface area contributed by atoms with Crippen LogP contribution < -0.4 is 0 Å². The molecule has 2 nitrogen and oxygen atoms in total. The largest absolute Gasteiger partial charge is 0.388 e. The Balaban J connectivity index is 2.00. The van der Waals surface area contributed by atoms with Gasteiger partial charge in [0.15, 0.2) is 0 Å². The summed E-state index contributed by atoms with van der Waals surface area (Å²) in [6, 6.07) is 15.9. The highest BCUT2D eigenvalue weighted by atomic mass is 16.3. The normalized spacial score (nSPS) is 17.2. The Morgan fingerprint density at radius 3 is 2.50 bits per heavy atom. The van der Waals surface area contributed by atoms with Gasteiger partial charge in [0.1, 0.15) is 0 Å². The number of fused-ring (bicyclic) bond motifs is 1. The lowest BCUT2D eigenvalue weighted by Gasteiger charge is -2.07. The molecule has 18 heavy (non-hydrogen) atoms. The molecule has 0 aliphatic heterocycles. The van der Waals surface area contributed by atoms with Crippen molar-refractivity contribution in [3.05, 3.63) is 59.2 Å². The second-order valence-electron chi connectivity index (χ2n) is 4.66. The zero-order valence-electron chi connectivity index (χ0n) is 9.93. The first-order valence-electron chi connectivity index (χ1n) is 6.09. The van der Waals surface area contributed by atoms with Crippen LogP contribution in [0.1, 0.15) is 29.2 Å². The number of aliphatic hydroxyl groups excluding tert-OH is 1. The van der Waals surface area contributed by atoms with E-state index in [2.05, 4.69) is 12.1 Å². The zero-order chi connectivity index (χ0) is 12.5.